The molecule has 160 valence electrons. The van der Waals surface area contributed by atoms with Crippen LogP contribution in [0.2, 0.25) is 5.02 Å². The average molecular weight is 464 g/mol. The summed E-state index contributed by atoms with van der Waals surface area (Å²) in [5, 5.41) is 3.36. The molecule has 1 fully saturated rings. The van der Waals surface area contributed by atoms with E-state index < -0.39 is 4.87 Å². The largest absolute Gasteiger partial charge is 0.325 e. The quantitative estimate of drug-likeness (QED) is 0.627. The van der Waals surface area contributed by atoms with E-state index in [1.54, 1.807) is 42.5 Å². The van der Waals surface area contributed by atoms with E-state index in [0.717, 1.165) is 0 Å². The number of anilines is 3. The van der Waals surface area contributed by atoms with Crippen molar-refractivity contribution in [1.29, 1.82) is 0 Å². The fraction of sp³-hybridized carbons (Fsp3) is 0.125. The van der Waals surface area contributed by atoms with Crippen LogP contribution in [0.3, 0.4) is 0 Å². The molecule has 2 aliphatic rings. The van der Waals surface area contributed by atoms with Crippen LogP contribution in [-0.2, 0) is 19.3 Å². The molecule has 3 aromatic carbocycles. The van der Waals surface area contributed by atoms with E-state index in [0.29, 0.717) is 27.6 Å². The van der Waals surface area contributed by atoms with Crippen molar-refractivity contribution in [1.82, 2.24) is 0 Å². The second-order valence-electron chi connectivity index (χ2n) is 7.46. The highest BCUT2D eigenvalue weighted by Gasteiger charge is 2.61. The number of rotatable bonds is 4. The highest BCUT2D eigenvalue weighted by Crippen LogP contribution is 2.55. The van der Waals surface area contributed by atoms with Crippen molar-refractivity contribution < 1.29 is 14.4 Å². The molecule has 0 unspecified atom stereocenters. The Bertz CT molecular complexity index is 1220. The zero-order valence-corrected chi connectivity index (χ0v) is 18.4. The van der Waals surface area contributed by atoms with E-state index >= 15 is 0 Å². The average Bonchev–Trinajstić information content (AvgIpc) is 3.26. The molecule has 1 N–H and O–H groups in total. The number of amides is 3. The lowest BCUT2D eigenvalue weighted by molar-refractivity contribution is -0.124. The van der Waals surface area contributed by atoms with E-state index in [9.17, 15) is 14.4 Å². The Morgan fingerprint density at radius 2 is 1.66 bits per heavy atom. The molecule has 1 spiro atoms. The number of para-hydroxylation sites is 2. The van der Waals surface area contributed by atoms with Gasteiger partial charge in [0.25, 0.3) is 5.91 Å². The van der Waals surface area contributed by atoms with Gasteiger partial charge in [-0.25, -0.2) is 0 Å². The summed E-state index contributed by atoms with van der Waals surface area (Å²) in [7, 11) is 0. The van der Waals surface area contributed by atoms with Gasteiger partial charge in [0.15, 0.2) is 0 Å². The summed E-state index contributed by atoms with van der Waals surface area (Å²) >= 11 is 7.31. The molecule has 1 saturated heterocycles. The summed E-state index contributed by atoms with van der Waals surface area (Å²) in [5.74, 6) is -0.639. The van der Waals surface area contributed by atoms with E-state index in [1.807, 2.05) is 36.4 Å². The van der Waals surface area contributed by atoms with Crippen LogP contribution in [0.1, 0.15) is 5.56 Å². The third-order valence-electron chi connectivity index (χ3n) is 5.51. The number of nitrogens with one attached hydrogen (secondary N) is 1. The lowest BCUT2D eigenvalue weighted by Gasteiger charge is -2.33. The van der Waals surface area contributed by atoms with Gasteiger partial charge in [-0.2, -0.15) is 0 Å². The van der Waals surface area contributed by atoms with E-state index in [4.69, 9.17) is 11.6 Å². The SMILES string of the molecule is O=C(CN1C(=O)[C@@]2(SCC(=O)N2c2ccc(Cl)cc2)c2ccccc21)Nc1ccccc1. The van der Waals surface area contributed by atoms with E-state index in [2.05, 4.69) is 5.32 Å². The van der Waals surface area contributed by atoms with Crippen LogP contribution in [0.4, 0.5) is 17.1 Å². The molecule has 2 aliphatic heterocycles. The third-order valence-corrected chi connectivity index (χ3v) is 7.15. The molecule has 0 saturated carbocycles. The van der Waals surface area contributed by atoms with Gasteiger partial charge in [-0.1, -0.05) is 48.0 Å². The molecule has 5 rings (SSSR count). The van der Waals surface area contributed by atoms with Crippen molar-refractivity contribution in [2.24, 2.45) is 0 Å². The summed E-state index contributed by atoms with van der Waals surface area (Å²) in [5.41, 5.74) is 2.56. The molecule has 3 amide bonds. The van der Waals surface area contributed by atoms with Crippen LogP contribution >= 0.6 is 23.4 Å². The van der Waals surface area contributed by atoms with Gasteiger partial charge in [-0.15, -0.1) is 11.8 Å². The number of hydrogen-bond acceptors (Lipinski definition) is 4. The van der Waals surface area contributed by atoms with Crippen molar-refractivity contribution in [2.75, 3.05) is 27.4 Å². The van der Waals surface area contributed by atoms with Gasteiger partial charge in [0, 0.05) is 22.0 Å². The molecule has 32 heavy (non-hydrogen) atoms. The minimum atomic E-state index is -1.26. The first-order chi connectivity index (χ1) is 15.5. The van der Waals surface area contributed by atoms with Crippen molar-refractivity contribution in [3.8, 4) is 0 Å². The standard InChI is InChI=1S/C24H18ClN3O3S/c25-16-10-12-18(13-11-16)28-22(30)15-32-24(28)19-8-4-5-9-20(19)27(23(24)31)14-21(29)26-17-6-2-1-3-7-17/h1-13H,14-15H2,(H,26,29)/t24-/m0/s1. The van der Waals surface area contributed by atoms with Gasteiger partial charge in [-0.05, 0) is 42.5 Å². The Morgan fingerprint density at radius 1 is 0.969 bits per heavy atom. The van der Waals surface area contributed by atoms with Gasteiger partial charge in [0.05, 0.1) is 11.4 Å². The van der Waals surface area contributed by atoms with E-state index in [1.165, 1.54) is 21.6 Å². The highest BCUT2D eigenvalue weighted by atomic mass is 35.5. The summed E-state index contributed by atoms with van der Waals surface area (Å²) in [6, 6.07) is 23.2. The maximum absolute atomic E-state index is 13.9. The van der Waals surface area contributed by atoms with Crippen LogP contribution in [-0.4, -0.2) is 30.0 Å². The highest BCUT2D eigenvalue weighted by molar-refractivity contribution is 8.02. The monoisotopic (exact) mass is 463 g/mol. The zero-order valence-electron chi connectivity index (χ0n) is 16.8. The molecule has 6 nitrogen and oxygen atoms in total. The minimum absolute atomic E-state index is 0.157. The summed E-state index contributed by atoms with van der Waals surface area (Å²) < 4.78 is 0. The molecule has 8 heteroatoms. The number of hydrogen-bond donors (Lipinski definition) is 1. The van der Waals surface area contributed by atoms with Crippen LogP contribution in [0.5, 0.6) is 0 Å². The molecule has 0 radical (unpaired) electrons. The van der Waals surface area contributed by atoms with E-state index in [-0.39, 0.29) is 30.0 Å². The van der Waals surface area contributed by atoms with Gasteiger partial charge < -0.3 is 5.32 Å². The maximum atomic E-state index is 13.9. The van der Waals surface area contributed by atoms with Crippen molar-refractivity contribution >= 4 is 58.1 Å². The van der Waals surface area contributed by atoms with Crippen molar-refractivity contribution in [2.45, 2.75) is 4.87 Å². The lowest BCUT2D eigenvalue weighted by atomic mass is 10.0. The Labute approximate surface area is 194 Å². The first-order valence-corrected chi connectivity index (χ1v) is 11.4. The zero-order chi connectivity index (χ0) is 22.3. The molecule has 3 aromatic rings. The fourth-order valence-electron chi connectivity index (χ4n) is 4.17. The molecular weight excluding hydrogens is 446 g/mol. The molecule has 0 aliphatic carbocycles. The smallest absolute Gasteiger partial charge is 0.269 e. The number of halogens is 1. The van der Waals surface area contributed by atoms with Gasteiger partial charge in [0.1, 0.15) is 6.54 Å². The summed E-state index contributed by atoms with van der Waals surface area (Å²) in [6.07, 6.45) is 0. The van der Waals surface area contributed by atoms with Crippen LogP contribution < -0.4 is 15.1 Å². The number of benzene rings is 3. The van der Waals surface area contributed by atoms with Crippen LogP contribution in [0, 0.1) is 0 Å². The predicted molar refractivity (Wildman–Crippen MR) is 127 cm³/mol. The molecule has 1 atom stereocenters. The van der Waals surface area contributed by atoms with Crippen LogP contribution in [0.15, 0.2) is 78.9 Å². The molecular formula is C24H18ClN3O3S. The topological polar surface area (TPSA) is 69.7 Å². The predicted octanol–water partition coefficient (Wildman–Crippen LogP) is 4.26. The third kappa shape index (κ3) is 3.25. The number of nitrogens with zero attached hydrogens (tertiary/aromatic N) is 2. The molecule has 0 aromatic heterocycles. The number of carbonyl (C=O) groups is 3. The number of carbonyl (C=O) groups excluding carboxylic acids is 3. The summed E-state index contributed by atoms with van der Waals surface area (Å²) in [4.78, 5) is 41.4. The van der Waals surface area contributed by atoms with Gasteiger partial charge in [0.2, 0.25) is 16.7 Å². The Balaban J connectivity index is 1.53. The van der Waals surface area contributed by atoms with Crippen LogP contribution in [0.25, 0.3) is 0 Å². The molecule has 2 heterocycles. The first kappa shape index (κ1) is 20.6. The Kier molecular flexibility index (Phi) is 5.15. The number of thioether (sulfide) groups is 1. The maximum Gasteiger partial charge on any atom is 0.269 e. The lowest BCUT2D eigenvalue weighted by Crippen LogP contribution is -2.50. The Morgan fingerprint density at radius 3 is 2.41 bits per heavy atom. The fourth-order valence-corrected chi connectivity index (χ4v) is 5.65. The number of fused-ring (bicyclic) bond motifs is 2. The Hall–Kier alpha value is -3.29. The second-order valence-corrected chi connectivity index (χ2v) is 9.07. The second kappa shape index (κ2) is 8.00. The van der Waals surface area contributed by atoms with Crippen molar-refractivity contribution in [3.63, 3.8) is 0 Å². The normalized spacial score (nSPS) is 19.5. The summed E-state index contributed by atoms with van der Waals surface area (Å²) in [6.45, 7) is -0.157. The first-order valence-electron chi connectivity index (χ1n) is 9.99. The molecule has 0 bridgehead atoms. The van der Waals surface area contributed by atoms with Gasteiger partial charge in [-0.3, -0.25) is 24.2 Å². The van der Waals surface area contributed by atoms with Gasteiger partial charge >= 0.3 is 0 Å². The minimum Gasteiger partial charge on any atom is -0.325 e. The van der Waals surface area contributed by atoms with Crippen molar-refractivity contribution in [3.05, 3.63) is 89.4 Å².